The summed E-state index contributed by atoms with van der Waals surface area (Å²) in [6.07, 6.45) is -6.57. The maximum atomic E-state index is 13.0. The van der Waals surface area contributed by atoms with E-state index >= 15 is 0 Å². The van der Waals surface area contributed by atoms with E-state index in [4.69, 9.17) is 0 Å². The zero-order valence-electron chi connectivity index (χ0n) is 34.1. The van der Waals surface area contributed by atoms with Gasteiger partial charge in [-0.1, -0.05) is 6.92 Å². The zero-order chi connectivity index (χ0) is 45.1. The highest BCUT2D eigenvalue weighted by Crippen LogP contribution is 2.55. The van der Waals surface area contributed by atoms with Crippen LogP contribution in [0.25, 0.3) is 0 Å². The second kappa shape index (κ2) is 16.8. The van der Waals surface area contributed by atoms with Crippen molar-refractivity contribution in [3.8, 4) is 0 Å². The molecule has 8 unspecified atom stereocenters. The van der Waals surface area contributed by atoms with Crippen molar-refractivity contribution in [3.63, 3.8) is 0 Å². The van der Waals surface area contributed by atoms with Gasteiger partial charge in [0.2, 0.25) is 0 Å². The Balaban J connectivity index is 7.36. The van der Waals surface area contributed by atoms with E-state index in [0.29, 0.717) is 0 Å². The molecular formula is C38H60O18. The molecular weight excluding hydrogens is 744 g/mol. The van der Waals surface area contributed by atoms with Gasteiger partial charge in [-0.15, -0.1) is 0 Å². The maximum Gasteiger partial charge on any atom is 0.309 e. The van der Waals surface area contributed by atoms with Gasteiger partial charge in [-0.2, -0.15) is 0 Å². The topological polar surface area (TPSA) is 336 Å². The van der Waals surface area contributed by atoms with Gasteiger partial charge in [0.15, 0.2) is 0 Å². The van der Waals surface area contributed by atoms with E-state index in [0.717, 1.165) is 48.5 Å². The van der Waals surface area contributed by atoms with Crippen LogP contribution in [-0.4, -0.2) is 99.7 Å². The van der Waals surface area contributed by atoms with E-state index in [2.05, 4.69) is 0 Å². The predicted octanol–water partition coefficient (Wildman–Crippen LogP) is 5.36. The fourth-order valence-corrected chi connectivity index (χ4v) is 8.93. The van der Waals surface area contributed by atoms with Crippen molar-refractivity contribution in [1.29, 1.82) is 0 Å². The van der Waals surface area contributed by atoms with Crippen molar-refractivity contribution in [2.75, 3.05) is 0 Å². The molecule has 0 aromatic carbocycles. The molecule has 0 rings (SSSR count). The van der Waals surface area contributed by atoms with Crippen LogP contribution < -0.4 is 0 Å². The lowest BCUT2D eigenvalue weighted by molar-refractivity contribution is -0.168. The summed E-state index contributed by atoms with van der Waals surface area (Å²) in [6, 6.07) is 0. The Labute approximate surface area is 325 Å². The van der Waals surface area contributed by atoms with Crippen molar-refractivity contribution in [2.45, 2.75) is 134 Å². The van der Waals surface area contributed by atoms with Crippen LogP contribution in [0.15, 0.2) is 0 Å². The van der Waals surface area contributed by atoms with E-state index < -0.39 is 154 Å². The molecule has 0 saturated heterocycles. The van der Waals surface area contributed by atoms with Crippen molar-refractivity contribution in [3.05, 3.63) is 0 Å². The molecule has 0 aliphatic heterocycles. The third-order valence-corrected chi connectivity index (χ3v) is 11.8. The fraction of sp³-hybridized carbons (Fsp3) is 0.763. The summed E-state index contributed by atoms with van der Waals surface area (Å²) in [4.78, 5) is 114. The third kappa shape index (κ3) is 11.4. The first-order chi connectivity index (χ1) is 24.7. The molecule has 0 fully saturated rings. The largest absolute Gasteiger partial charge is 0.481 e. The van der Waals surface area contributed by atoms with Crippen LogP contribution in [0.2, 0.25) is 0 Å². The lowest BCUT2D eigenvalue weighted by Crippen LogP contribution is -2.50. The first-order valence-electron chi connectivity index (χ1n) is 17.8. The van der Waals surface area contributed by atoms with Gasteiger partial charge in [-0.25, -0.2) is 0 Å². The molecule has 0 spiro atoms. The molecule has 0 bridgehead atoms. The van der Waals surface area contributed by atoms with Gasteiger partial charge < -0.3 is 46.0 Å². The number of carbonyl (C=O) groups is 9. The second-order valence-corrected chi connectivity index (χ2v) is 18.9. The SMILES string of the molecule is CCC(C)(CC(C)(CC(C)(CC(C)(CC(C)(CC(C)(CC(C)(CC(C)(CC(C)(C)C(=O)O)C(=O)O)C(=O)O)C(=O)O)C(=O)O)C(=O)O)C(=O)O)C(=O)O)C(=O)O. The molecule has 8 atom stereocenters. The van der Waals surface area contributed by atoms with E-state index in [1.165, 1.54) is 27.7 Å². The number of carboxylic acids is 9. The number of hydrogen-bond acceptors (Lipinski definition) is 9. The summed E-state index contributed by atoms with van der Waals surface area (Å²) in [7, 11) is 0. The highest BCUT2D eigenvalue weighted by molar-refractivity contribution is 5.85. The molecule has 0 amide bonds. The van der Waals surface area contributed by atoms with E-state index in [1.54, 1.807) is 0 Å². The molecule has 18 nitrogen and oxygen atoms in total. The van der Waals surface area contributed by atoms with Crippen LogP contribution in [-0.2, 0) is 43.2 Å². The Bertz CT molecular complexity index is 1620. The van der Waals surface area contributed by atoms with Gasteiger partial charge in [-0.05, 0) is 127 Å². The zero-order valence-corrected chi connectivity index (χ0v) is 34.1. The Hall–Kier alpha value is -4.77. The molecule has 0 aliphatic rings. The van der Waals surface area contributed by atoms with Crippen LogP contribution >= 0.6 is 0 Å². The van der Waals surface area contributed by atoms with E-state index in [-0.39, 0.29) is 6.42 Å². The van der Waals surface area contributed by atoms with Gasteiger partial charge in [0.25, 0.3) is 0 Å². The quantitative estimate of drug-likeness (QED) is 0.0531. The normalized spacial score (nSPS) is 20.6. The van der Waals surface area contributed by atoms with Crippen LogP contribution in [0, 0.1) is 48.7 Å². The second-order valence-electron chi connectivity index (χ2n) is 18.9. The smallest absolute Gasteiger partial charge is 0.309 e. The molecule has 9 N–H and O–H groups in total. The molecule has 0 aromatic rings. The number of rotatable bonds is 26. The average Bonchev–Trinajstić information content (AvgIpc) is 2.99. The lowest BCUT2D eigenvalue weighted by atomic mass is 9.56. The van der Waals surface area contributed by atoms with Crippen molar-refractivity contribution >= 4 is 53.7 Å². The van der Waals surface area contributed by atoms with E-state index in [1.807, 2.05) is 0 Å². The van der Waals surface area contributed by atoms with Crippen LogP contribution in [0.3, 0.4) is 0 Å². The lowest BCUT2D eigenvalue weighted by Gasteiger charge is -2.45. The van der Waals surface area contributed by atoms with Crippen molar-refractivity contribution < 1.29 is 89.1 Å². The molecule has 18 heteroatoms. The minimum atomic E-state index is -2.37. The van der Waals surface area contributed by atoms with Gasteiger partial charge >= 0.3 is 53.7 Å². The predicted molar refractivity (Wildman–Crippen MR) is 195 cm³/mol. The minimum absolute atomic E-state index is 0.0437. The Morgan fingerprint density at radius 3 is 0.536 bits per heavy atom. The fourth-order valence-electron chi connectivity index (χ4n) is 8.93. The molecule has 0 aliphatic carbocycles. The van der Waals surface area contributed by atoms with Gasteiger partial charge in [0, 0.05) is 0 Å². The Kier molecular flexibility index (Phi) is 15.3. The number of aliphatic carboxylic acids is 9. The number of carboxylic acid groups (broad SMARTS) is 9. The highest BCUT2D eigenvalue weighted by Gasteiger charge is 2.58. The minimum Gasteiger partial charge on any atom is -0.481 e. The summed E-state index contributed by atoms with van der Waals surface area (Å²) < 4.78 is 0. The molecule has 0 heterocycles. The van der Waals surface area contributed by atoms with Gasteiger partial charge in [0.1, 0.15) is 0 Å². The van der Waals surface area contributed by atoms with E-state index in [9.17, 15) is 89.1 Å². The Morgan fingerprint density at radius 1 is 0.268 bits per heavy atom. The Morgan fingerprint density at radius 2 is 0.411 bits per heavy atom. The standard InChI is InChI=1S/C38H60O18/c1-12-31(4,22(41)42)14-33(6,24(45)46)16-35(8,26(49)50)18-37(10,28(53)54)20-38(11,29(55)56)19-36(9,27(51)52)17-34(7,25(47)48)15-32(5,23(43)44)13-30(2,3)21(39)40/h12-20H2,1-11H3,(H,39,40)(H,41,42)(H,43,44)(H,45,46)(H,47,48)(H,49,50)(H,51,52)(H,53,54)(H,55,56). The summed E-state index contributed by atoms with van der Waals surface area (Å²) >= 11 is 0. The summed E-state index contributed by atoms with van der Waals surface area (Å²) in [5.41, 5.74) is -19.0. The first kappa shape index (κ1) is 51.2. The average molecular weight is 805 g/mol. The third-order valence-electron chi connectivity index (χ3n) is 11.8. The molecule has 320 valence electrons. The molecule has 0 radical (unpaired) electrons. The maximum absolute atomic E-state index is 13.0. The molecule has 0 saturated carbocycles. The van der Waals surface area contributed by atoms with Crippen LogP contribution in [0.1, 0.15) is 134 Å². The van der Waals surface area contributed by atoms with Crippen LogP contribution in [0.4, 0.5) is 0 Å². The highest BCUT2D eigenvalue weighted by atomic mass is 16.4. The first-order valence-corrected chi connectivity index (χ1v) is 17.8. The molecule has 56 heavy (non-hydrogen) atoms. The van der Waals surface area contributed by atoms with Crippen molar-refractivity contribution in [2.24, 2.45) is 48.7 Å². The number of hydrogen-bond donors (Lipinski definition) is 9. The van der Waals surface area contributed by atoms with Gasteiger partial charge in [-0.3, -0.25) is 43.2 Å². The summed E-state index contributed by atoms with van der Waals surface area (Å²) in [5.74, 6) is -14.5. The summed E-state index contributed by atoms with van der Waals surface area (Å²) in [5, 5.41) is 92.3. The van der Waals surface area contributed by atoms with Crippen molar-refractivity contribution in [1.82, 2.24) is 0 Å². The molecule has 0 aromatic heterocycles. The van der Waals surface area contributed by atoms with Crippen LogP contribution in [0.5, 0.6) is 0 Å². The summed E-state index contributed by atoms with van der Waals surface area (Å²) in [6.45, 7) is 12.5. The monoisotopic (exact) mass is 804 g/mol. The van der Waals surface area contributed by atoms with Gasteiger partial charge in [0.05, 0.1) is 48.7 Å².